The third-order valence-electron chi connectivity index (χ3n) is 14.2. The molecule has 4 aromatic rings. The van der Waals surface area contributed by atoms with Gasteiger partial charge < -0.3 is 50.9 Å². The lowest BCUT2D eigenvalue weighted by molar-refractivity contribution is -0.143. The Bertz CT molecular complexity index is 2600. The summed E-state index contributed by atoms with van der Waals surface area (Å²) >= 11 is 9.93. The number of β-amino-alcohol motifs (C(OH)–C–C–N with tert-alkyl or cyclic N) is 1. The highest BCUT2D eigenvalue weighted by Gasteiger charge is 2.44. The fourth-order valence-corrected chi connectivity index (χ4v) is 11.9. The lowest BCUT2D eigenvalue weighted by Gasteiger charge is -2.38. The largest absolute Gasteiger partial charge is 0.490 e. The zero-order valence-corrected chi connectivity index (χ0v) is 44.4. The van der Waals surface area contributed by atoms with Crippen LogP contribution in [0.4, 0.5) is 11.6 Å². The van der Waals surface area contributed by atoms with Crippen LogP contribution in [0.25, 0.3) is 10.4 Å². The van der Waals surface area contributed by atoms with E-state index >= 15 is 0 Å². The van der Waals surface area contributed by atoms with Gasteiger partial charge in [0.2, 0.25) is 23.6 Å². The van der Waals surface area contributed by atoms with Crippen molar-refractivity contribution in [2.24, 2.45) is 17.1 Å². The summed E-state index contributed by atoms with van der Waals surface area (Å²) in [6, 6.07) is 5.94. The highest BCUT2D eigenvalue weighted by Crippen LogP contribution is 2.40. The monoisotopic (exact) mass is 1050 g/mol. The number of nitrogens with two attached hydrogens (primary N) is 1. The molecule has 0 spiro atoms. The number of aliphatic hydroxyl groups is 2. The standard InChI is InChI=1S/C51H68ClN11O7S2/c1-30-43(71-29-57-30)33-7-8-34(25-56-47(67)38-24-35(66)27-63(38)49(69)44(50(3,4)5)58-31(2)65)39(23-33)70-36-12-19-62(20-13-36)48(68)32-10-17-60(18-11-32)46-42(52)40(9-16-54-46)72-41-26-55-45(37(28-64)59-41)61-21-14-51(6,53)15-22-61/h7-9,16,23,26,29,32,35-36,38,44,64,66H,10-15,17-22,24-25,27-28,53H2,1-6H3,(H,56,67)(H,58,65)/t35-,38+,44-/m1/s1. The summed E-state index contributed by atoms with van der Waals surface area (Å²) in [5.74, 6) is 0.768. The van der Waals surface area contributed by atoms with Crippen LogP contribution in [0.2, 0.25) is 5.02 Å². The van der Waals surface area contributed by atoms with Crippen LogP contribution in [0.3, 0.4) is 0 Å². The van der Waals surface area contributed by atoms with Crippen molar-refractivity contribution in [1.82, 2.24) is 40.4 Å². The quantitative estimate of drug-likeness (QED) is 0.107. The van der Waals surface area contributed by atoms with Gasteiger partial charge in [0.05, 0.1) is 40.0 Å². The smallest absolute Gasteiger partial charge is 0.246 e. The number of aliphatic hydroxyl groups excluding tert-OH is 2. The maximum absolute atomic E-state index is 14.0. The van der Waals surface area contributed by atoms with Gasteiger partial charge in [-0.15, -0.1) is 11.3 Å². The minimum Gasteiger partial charge on any atom is -0.490 e. The molecule has 388 valence electrons. The number of hydrogen-bond donors (Lipinski definition) is 5. The molecular weight excluding hydrogens is 978 g/mol. The van der Waals surface area contributed by atoms with E-state index in [0.29, 0.717) is 85.0 Å². The van der Waals surface area contributed by atoms with Crippen molar-refractivity contribution in [2.45, 2.75) is 139 Å². The average molecular weight is 1050 g/mol. The van der Waals surface area contributed by atoms with Gasteiger partial charge >= 0.3 is 0 Å². The Hall–Kier alpha value is -5.12. The Kier molecular flexibility index (Phi) is 16.7. The second-order valence-corrected chi connectivity index (χ2v) is 23.2. The predicted molar refractivity (Wildman–Crippen MR) is 278 cm³/mol. The number of likely N-dealkylation sites (tertiary alicyclic amines) is 2. The van der Waals surface area contributed by atoms with Crippen LogP contribution in [0, 0.1) is 18.3 Å². The Labute approximate surface area is 434 Å². The van der Waals surface area contributed by atoms with Crippen molar-refractivity contribution in [3.8, 4) is 16.2 Å². The lowest BCUT2D eigenvalue weighted by atomic mass is 9.85. The van der Waals surface area contributed by atoms with E-state index < -0.39 is 35.4 Å². The second-order valence-electron chi connectivity index (χ2n) is 20.9. The number of carbonyl (C=O) groups excluding carboxylic acids is 4. The zero-order valence-electron chi connectivity index (χ0n) is 42.0. The molecule has 0 aliphatic carbocycles. The molecule has 3 aromatic heterocycles. The molecule has 8 rings (SSSR count). The van der Waals surface area contributed by atoms with Gasteiger partial charge in [-0.25, -0.2) is 19.9 Å². The molecule has 3 atom stereocenters. The third-order valence-corrected chi connectivity index (χ3v) is 16.7. The van der Waals surface area contributed by atoms with Crippen LogP contribution in [0.1, 0.15) is 96.5 Å². The summed E-state index contributed by atoms with van der Waals surface area (Å²) in [5, 5.41) is 27.7. The molecular formula is C51H68ClN11O7S2. The first kappa shape index (κ1) is 53.2. The van der Waals surface area contributed by atoms with E-state index in [0.717, 1.165) is 52.5 Å². The van der Waals surface area contributed by atoms with Gasteiger partial charge in [0.1, 0.15) is 40.5 Å². The summed E-state index contributed by atoms with van der Waals surface area (Å²) < 4.78 is 6.75. The van der Waals surface area contributed by atoms with Gasteiger partial charge in [-0.2, -0.15) is 0 Å². The number of anilines is 2. The number of hydrogen-bond acceptors (Lipinski definition) is 16. The highest BCUT2D eigenvalue weighted by molar-refractivity contribution is 7.99. The normalized spacial score (nSPS) is 20.4. The van der Waals surface area contributed by atoms with E-state index in [9.17, 15) is 29.4 Å². The van der Waals surface area contributed by atoms with Crippen molar-refractivity contribution in [3.63, 3.8) is 0 Å². The van der Waals surface area contributed by atoms with Crippen LogP contribution in [0.5, 0.6) is 5.75 Å². The van der Waals surface area contributed by atoms with E-state index in [-0.39, 0.29) is 55.5 Å². The average Bonchev–Trinajstić information content (AvgIpc) is 3.98. The molecule has 4 amide bonds. The second kappa shape index (κ2) is 22.6. The van der Waals surface area contributed by atoms with Crippen LogP contribution in [-0.2, 0) is 32.3 Å². The van der Waals surface area contributed by atoms with E-state index in [4.69, 9.17) is 32.0 Å². The zero-order chi connectivity index (χ0) is 51.5. The molecule has 4 saturated heterocycles. The number of nitrogens with zero attached hydrogens (tertiary/aromatic N) is 8. The molecule has 4 aliphatic heterocycles. The summed E-state index contributed by atoms with van der Waals surface area (Å²) in [6.07, 6.45) is 6.69. The number of amides is 4. The summed E-state index contributed by atoms with van der Waals surface area (Å²) in [4.78, 5) is 81.7. The first-order chi connectivity index (χ1) is 34.3. The van der Waals surface area contributed by atoms with Gasteiger partial charge in [-0.1, -0.05) is 56.3 Å². The maximum Gasteiger partial charge on any atom is 0.246 e. The van der Waals surface area contributed by atoms with Crippen LogP contribution >= 0.6 is 34.7 Å². The van der Waals surface area contributed by atoms with Crippen LogP contribution in [-0.4, -0.2) is 139 Å². The molecule has 4 fully saturated rings. The summed E-state index contributed by atoms with van der Waals surface area (Å²) in [6.45, 7) is 14.6. The number of carbonyl (C=O) groups is 4. The van der Waals surface area contributed by atoms with Gasteiger partial charge in [-0.3, -0.25) is 19.2 Å². The van der Waals surface area contributed by atoms with Crippen molar-refractivity contribution in [2.75, 3.05) is 55.6 Å². The molecule has 0 radical (unpaired) electrons. The molecule has 18 nitrogen and oxygen atoms in total. The molecule has 0 saturated carbocycles. The number of halogens is 1. The van der Waals surface area contributed by atoms with E-state index in [1.54, 1.807) is 17.9 Å². The first-order valence-corrected chi connectivity index (χ1v) is 27.0. The van der Waals surface area contributed by atoms with Crippen LogP contribution < -0.4 is 30.9 Å². The fourth-order valence-electron chi connectivity index (χ4n) is 10.0. The molecule has 0 bridgehead atoms. The Morgan fingerprint density at radius 1 is 1.00 bits per heavy atom. The first-order valence-electron chi connectivity index (χ1n) is 24.9. The van der Waals surface area contributed by atoms with Gasteiger partial charge in [0.25, 0.3) is 0 Å². The van der Waals surface area contributed by atoms with Gasteiger partial charge in [0.15, 0.2) is 5.82 Å². The number of aryl methyl sites for hydroxylation is 1. The summed E-state index contributed by atoms with van der Waals surface area (Å²) in [7, 11) is 0. The van der Waals surface area contributed by atoms with Crippen molar-refractivity contribution in [1.29, 1.82) is 0 Å². The topological polar surface area (TPSA) is 233 Å². The number of pyridine rings is 1. The Balaban J connectivity index is 0.862. The van der Waals surface area contributed by atoms with Crippen molar-refractivity contribution in [3.05, 3.63) is 64.1 Å². The molecule has 6 N–H and O–H groups in total. The lowest BCUT2D eigenvalue weighted by Crippen LogP contribution is -2.57. The van der Waals surface area contributed by atoms with E-state index in [1.165, 1.54) is 34.9 Å². The van der Waals surface area contributed by atoms with E-state index in [1.807, 2.05) is 56.9 Å². The number of benzene rings is 1. The van der Waals surface area contributed by atoms with Crippen molar-refractivity contribution >= 4 is 70.0 Å². The Morgan fingerprint density at radius 2 is 1.71 bits per heavy atom. The van der Waals surface area contributed by atoms with Crippen molar-refractivity contribution < 1.29 is 34.1 Å². The maximum atomic E-state index is 14.0. The fraction of sp³-hybridized carbons (Fsp3) is 0.569. The number of aromatic nitrogens is 4. The minimum absolute atomic E-state index is 0.0156. The van der Waals surface area contributed by atoms with Crippen LogP contribution in [0.15, 0.2) is 52.1 Å². The molecule has 4 aliphatic rings. The molecule has 0 unspecified atom stereocenters. The third kappa shape index (κ3) is 12.4. The van der Waals surface area contributed by atoms with Gasteiger partial charge in [-0.05, 0) is 62.6 Å². The molecule has 72 heavy (non-hydrogen) atoms. The summed E-state index contributed by atoms with van der Waals surface area (Å²) in [5.41, 5.74) is 10.4. The van der Waals surface area contributed by atoms with Gasteiger partial charge in [0, 0.05) is 107 Å². The SMILES string of the molecule is CC(=O)N[C@H](C(=O)N1C[C@H](O)C[C@H]1C(=O)NCc1ccc(-c2scnc2C)cc1OC1CCN(C(=O)C2CCN(c3nccc(Sc4cnc(N5CCC(C)(N)CC5)c(CO)n4)c3Cl)CC2)CC1)C(C)(C)C. The highest BCUT2D eigenvalue weighted by atomic mass is 35.5. The van der Waals surface area contributed by atoms with E-state index in [2.05, 4.69) is 37.3 Å². The molecule has 7 heterocycles. The number of ether oxygens (including phenoxy) is 1. The predicted octanol–water partition coefficient (Wildman–Crippen LogP) is 5.33. The molecule has 21 heteroatoms. The Morgan fingerprint density at radius 3 is 2.36 bits per heavy atom. The molecule has 1 aromatic carbocycles. The number of rotatable bonds is 14. The number of nitrogens with one attached hydrogen (secondary N) is 2. The number of thiazole rings is 1. The number of piperidine rings is 3. The minimum atomic E-state index is -0.921.